The van der Waals surface area contributed by atoms with Gasteiger partial charge in [-0.3, -0.25) is 0 Å². The van der Waals surface area contributed by atoms with Gasteiger partial charge < -0.3 is 0 Å². The van der Waals surface area contributed by atoms with Gasteiger partial charge in [0.1, 0.15) is 0 Å². The molecule has 1 unspecified atom stereocenters. The van der Waals surface area contributed by atoms with Crippen LogP contribution < -0.4 is 0 Å². The van der Waals surface area contributed by atoms with Gasteiger partial charge in [0.2, 0.25) is 0 Å². The van der Waals surface area contributed by atoms with Gasteiger partial charge in [-0.1, -0.05) is 30.7 Å². The van der Waals surface area contributed by atoms with Crippen LogP contribution in [0.1, 0.15) is 33.6 Å². The van der Waals surface area contributed by atoms with Gasteiger partial charge in [-0.05, 0) is 44.3 Å². The fourth-order valence-corrected chi connectivity index (χ4v) is 4.04. The number of halogens is 2. The topological polar surface area (TPSA) is 0 Å². The highest BCUT2D eigenvalue weighted by Crippen LogP contribution is 2.43. The Balaban J connectivity index is 2.70. The Morgan fingerprint density at radius 2 is 2.13 bits per heavy atom. The van der Waals surface area contributed by atoms with E-state index in [-0.39, 0.29) is 0 Å². The lowest BCUT2D eigenvalue weighted by Crippen LogP contribution is -2.25. The molecule has 0 N–H and O–H groups in total. The molecule has 0 aromatic heterocycles. The molecule has 15 heavy (non-hydrogen) atoms. The first kappa shape index (κ1) is 13.6. The summed E-state index contributed by atoms with van der Waals surface area (Å²) in [4.78, 5) is 0. The Morgan fingerprint density at radius 1 is 1.47 bits per heavy atom. The fraction of sp³-hybridized carbons (Fsp3) is 0.667. The Hall–Kier alpha value is 0.505. The van der Waals surface area contributed by atoms with Crippen LogP contribution in [0.3, 0.4) is 0 Å². The minimum absolute atomic E-state index is 0.431. The Morgan fingerprint density at radius 3 is 2.67 bits per heavy atom. The van der Waals surface area contributed by atoms with Crippen molar-refractivity contribution in [1.29, 1.82) is 0 Å². The van der Waals surface area contributed by atoms with E-state index < -0.39 is 0 Å². The molecule has 3 heteroatoms. The molecule has 0 fully saturated rings. The van der Waals surface area contributed by atoms with Crippen LogP contribution in [0.25, 0.3) is 0 Å². The zero-order chi connectivity index (χ0) is 11.4. The molecule has 0 heterocycles. The van der Waals surface area contributed by atoms with E-state index in [1.165, 1.54) is 18.4 Å². The van der Waals surface area contributed by atoms with Gasteiger partial charge in [-0.25, -0.2) is 0 Å². The summed E-state index contributed by atoms with van der Waals surface area (Å²) < 4.78 is 0.431. The van der Waals surface area contributed by atoms with Crippen molar-refractivity contribution >= 4 is 35.9 Å². The Kier molecular flexibility index (Phi) is 5.69. The van der Waals surface area contributed by atoms with Crippen LogP contribution in [0.5, 0.6) is 0 Å². The van der Waals surface area contributed by atoms with E-state index in [2.05, 4.69) is 70.5 Å². The number of allylic oxidation sites excluding steroid dienone is 4. The summed E-state index contributed by atoms with van der Waals surface area (Å²) in [7, 11) is 0. The SMILES string of the molecule is CC(C)=CCC1C=CC[C@@H](C)[C@H]1B(Br)Br. The molecule has 1 aliphatic rings. The van der Waals surface area contributed by atoms with E-state index in [0.717, 1.165) is 5.92 Å². The van der Waals surface area contributed by atoms with Crippen LogP contribution in [-0.2, 0) is 0 Å². The van der Waals surface area contributed by atoms with Gasteiger partial charge in [0, 0.05) is 0 Å². The first-order chi connectivity index (χ1) is 7.02. The first-order valence-corrected chi connectivity index (χ1v) is 7.43. The zero-order valence-corrected chi connectivity index (χ0v) is 12.9. The molecule has 0 radical (unpaired) electrons. The highest BCUT2D eigenvalue weighted by atomic mass is 79.9. The van der Waals surface area contributed by atoms with Crippen molar-refractivity contribution in [3.05, 3.63) is 23.8 Å². The lowest BCUT2D eigenvalue weighted by molar-refractivity contribution is 0.428. The van der Waals surface area contributed by atoms with Crippen LogP contribution in [0, 0.1) is 11.8 Å². The van der Waals surface area contributed by atoms with Crippen molar-refractivity contribution in [2.45, 2.75) is 39.4 Å². The molecular weight excluding hydrogens is 315 g/mol. The van der Waals surface area contributed by atoms with E-state index in [1.54, 1.807) is 0 Å². The number of rotatable bonds is 3. The summed E-state index contributed by atoms with van der Waals surface area (Å²) in [6.45, 7) is 6.69. The molecule has 0 amide bonds. The molecule has 3 atom stereocenters. The first-order valence-electron chi connectivity index (χ1n) is 5.60. The molecule has 0 bridgehead atoms. The van der Waals surface area contributed by atoms with E-state index >= 15 is 0 Å². The highest BCUT2D eigenvalue weighted by Gasteiger charge is 2.33. The molecule has 1 rings (SSSR count). The minimum Gasteiger partial charge on any atom is -0.139 e. The van der Waals surface area contributed by atoms with Gasteiger partial charge in [-0.2, -0.15) is 0 Å². The largest absolute Gasteiger partial charge is 0.302 e. The summed E-state index contributed by atoms with van der Waals surface area (Å²) in [6, 6.07) is 0. The average Bonchev–Trinajstić information content (AvgIpc) is 2.13. The summed E-state index contributed by atoms with van der Waals surface area (Å²) in [6.07, 6.45) is 9.46. The molecule has 0 saturated carbocycles. The third-order valence-electron chi connectivity index (χ3n) is 3.13. The zero-order valence-electron chi connectivity index (χ0n) is 9.71. The molecular formula is C12H19BBr2. The van der Waals surface area contributed by atoms with Crippen LogP contribution in [0.2, 0.25) is 5.82 Å². The van der Waals surface area contributed by atoms with Gasteiger partial charge >= 0.3 is 4.36 Å². The molecule has 0 spiro atoms. The summed E-state index contributed by atoms with van der Waals surface area (Å²) >= 11 is 7.37. The highest BCUT2D eigenvalue weighted by molar-refractivity contribution is 9.49. The van der Waals surface area contributed by atoms with E-state index in [4.69, 9.17) is 0 Å². The van der Waals surface area contributed by atoms with Crippen LogP contribution in [-0.4, -0.2) is 4.36 Å². The fourth-order valence-electron chi connectivity index (χ4n) is 2.22. The predicted molar refractivity (Wildman–Crippen MR) is 77.8 cm³/mol. The maximum atomic E-state index is 3.69. The average molecular weight is 334 g/mol. The standard InChI is InChI=1S/C12H19BBr2/c1-9(2)7-8-11-6-4-5-10(3)12(11)13(14)15/h4,6-7,10-12H,5,8H2,1-3H3/t10-,11?,12-/m1/s1. The lowest BCUT2D eigenvalue weighted by atomic mass is 9.64. The van der Waals surface area contributed by atoms with Crippen molar-refractivity contribution in [3.63, 3.8) is 0 Å². The smallest absolute Gasteiger partial charge is 0.139 e. The molecule has 0 nitrogen and oxygen atoms in total. The van der Waals surface area contributed by atoms with Crippen molar-refractivity contribution in [1.82, 2.24) is 0 Å². The van der Waals surface area contributed by atoms with Gasteiger partial charge in [0.15, 0.2) is 0 Å². The van der Waals surface area contributed by atoms with Crippen molar-refractivity contribution in [3.8, 4) is 0 Å². The number of hydrogen-bond donors (Lipinski definition) is 0. The van der Waals surface area contributed by atoms with Crippen molar-refractivity contribution < 1.29 is 0 Å². The van der Waals surface area contributed by atoms with E-state index in [9.17, 15) is 0 Å². The third-order valence-corrected chi connectivity index (χ3v) is 4.35. The van der Waals surface area contributed by atoms with Gasteiger partial charge in [0.05, 0.1) is 0 Å². The maximum absolute atomic E-state index is 3.69. The van der Waals surface area contributed by atoms with Crippen LogP contribution in [0.15, 0.2) is 23.8 Å². The molecule has 84 valence electrons. The predicted octanol–water partition coefficient (Wildman–Crippen LogP) is 5.20. The normalized spacial score (nSPS) is 30.1. The summed E-state index contributed by atoms with van der Waals surface area (Å²) in [5, 5.41) is 0. The Labute approximate surface area is 111 Å². The van der Waals surface area contributed by atoms with E-state index in [1.807, 2.05) is 0 Å². The molecule has 0 aliphatic heterocycles. The molecule has 0 aromatic carbocycles. The second kappa shape index (κ2) is 6.29. The lowest BCUT2D eigenvalue weighted by Gasteiger charge is -2.32. The maximum Gasteiger partial charge on any atom is 0.302 e. The van der Waals surface area contributed by atoms with Crippen molar-refractivity contribution in [2.24, 2.45) is 11.8 Å². The van der Waals surface area contributed by atoms with Crippen molar-refractivity contribution in [2.75, 3.05) is 0 Å². The van der Waals surface area contributed by atoms with Crippen LogP contribution in [0.4, 0.5) is 0 Å². The minimum atomic E-state index is 0.431. The van der Waals surface area contributed by atoms with Gasteiger partial charge in [0.25, 0.3) is 0 Å². The molecule has 1 aliphatic carbocycles. The Bertz CT molecular complexity index is 254. The number of hydrogen-bond acceptors (Lipinski definition) is 0. The van der Waals surface area contributed by atoms with Gasteiger partial charge in [-0.15, -0.1) is 31.5 Å². The monoisotopic (exact) mass is 332 g/mol. The van der Waals surface area contributed by atoms with E-state index in [0.29, 0.717) is 16.1 Å². The van der Waals surface area contributed by atoms with Crippen LogP contribution >= 0.6 is 31.5 Å². The third kappa shape index (κ3) is 4.11. The quantitative estimate of drug-likeness (QED) is 0.491. The molecule has 0 saturated heterocycles. The second-order valence-corrected chi connectivity index (χ2v) is 7.94. The summed E-state index contributed by atoms with van der Waals surface area (Å²) in [5.74, 6) is 2.13. The summed E-state index contributed by atoms with van der Waals surface area (Å²) in [5.41, 5.74) is 1.42. The second-order valence-electron chi connectivity index (χ2n) is 4.73. The molecule has 0 aromatic rings.